The minimum absolute atomic E-state index is 0.0128. The van der Waals surface area contributed by atoms with Gasteiger partial charge in [0.15, 0.2) is 5.78 Å². The number of nitrogens with one attached hydrogen (secondary N) is 3. The minimum atomic E-state index is -1.35. The number of benzene rings is 3. The van der Waals surface area contributed by atoms with E-state index in [1.807, 2.05) is 68.5 Å². The molecule has 0 saturated heterocycles. The highest BCUT2D eigenvalue weighted by molar-refractivity contribution is 5.98. The Labute approximate surface area is 422 Å². The standard InChI is InChI=1S/C60H80N4O7/c1-7-62-52(24-19-37(2)3)38(4)13-11-17-45(36-65)49-26-28-60(56(49)69)51-23-22-46(66)33-43-31-41(30-42(32-43)29-40-14-9-8-10-15-40)20-21-47(67)35-63-55-54-44(16-12-18-50(54)57(61)64-58(55)70)34-53(68)39(5)48(51)25-27-59(60,6)71/h8-19,30-32,46-47,49,51-52,55-57,62-63,65-67,69,71H,4,7,20-29,33-36,61H2,1-3,5-6H3,(H,64,70)/b13-11+,45-17-,48-39+/t46-,47-,49+,51+,52-,55-,56+,57-,59+,60+/m0/s1. The number of aryl methyl sites for hydroxylation is 1. The van der Waals surface area contributed by atoms with Crippen LogP contribution in [0.2, 0.25) is 0 Å². The zero-order valence-corrected chi connectivity index (χ0v) is 42.7. The number of hydrogen-bond donors (Lipinski definition) is 9. The maximum Gasteiger partial charge on any atom is 0.243 e. The van der Waals surface area contributed by atoms with Crippen molar-refractivity contribution in [3.8, 4) is 0 Å². The number of carbonyl (C=O) groups is 2. The van der Waals surface area contributed by atoms with Gasteiger partial charge in [0.2, 0.25) is 5.91 Å². The van der Waals surface area contributed by atoms with E-state index >= 15 is 0 Å². The molecule has 2 aliphatic heterocycles. The van der Waals surface area contributed by atoms with Gasteiger partial charge in [-0.25, -0.2) is 0 Å². The SMILES string of the molecule is C=C(/C=C/C=C(/CO)[C@H]1CC[C@@]2([C@@H]3CC[C@H](O)Cc4cc(cc(Cc5ccccc5)c4)CC[C@H](O)CN[C@@H]4C(=O)N[C@H](N)c5cccc(c54)CC(=O)/C(C)=C/3CC[C@@]2(C)O)[C@@H]1O)[C@H](CC=C(C)C)NCC. The van der Waals surface area contributed by atoms with Gasteiger partial charge in [0, 0.05) is 30.3 Å². The summed E-state index contributed by atoms with van der Waals surface area (Å²) < 4.78 is 0. The molecule has 3 aromatic rings. The molecular weight excluding hydrogens is 889 g/mol. The maximum atomic E-state index is 14.9. The number of likely N-dealkylation sites (N-methyl/N-ethyl adjacent to an activating group) is 1. The van der Waals surface area contributed by atoms with Gasteiger partial charge in [-0.3, -0.25) is 14.9 Å². The number of ketones is 1. The molecule has 10 N–H and O–H groups in total. The van der Waals surface area contributed by atoms with Crippen molar-refractivity contribution in [1.82, 2.24) is 16.0 Å². The van der Waals surface area contributed by atoms with Crippen LogP contribution in [-0.2, 0) is 35.3 Å². The molecule has 4 aliphatic rings. The first-order valence-corrected chi connectivity index (χ1v) is 26.1. The molecule has 2 bridgehead atoms. The average molecular weight is 969 g/mol. The Kier molecular flexibility index (Phi) is 18.1. The van der Waals surface area contributed by atoms with Crippen LogP contribution in [0, 0.1) is 17.3 Å². The first kappa shape index (κ1) is 54.0. The van der Waals surface area contributed by atoms with E-state index < -0.39 is 53.4 Å². The molecule has 2 fully saturated rings. The van der Waals surface area contributed by atoms with Crippen LogP contribution in [0.1, 0.15) is 137 Å². The van der Waals surface area contributed by atoms with Gasteiger partial charge in [-0.2, -0.15) is 0 Å². The first-order valence-electron chi connectivity index (χ1n) is 26.1. The molecule has 11 heteroatoms. The van der Waals surface area contributed by atoms with E-state index in [0.717, 1.165) is 46.4 Å². The molecule has 0 aromatic heterocycles. The van der Waals surface area contributed by atoms with E-state index in [-0.39, 0.29) is 37.3 Å². The van der Waals surface area contributed by atoms with E-state index in [4.69, 9.17) is 5.73 Å². The van der Waals surface area contributed by atoms with Crippen LogP contribution < -0.4 is 21.7 Å². The van der Waals surface area contributed by atoms with Crippen LogP contribution in [0.25, 0.3) is 0 Å². The largest absolute Gasteiger partial charge is 0.393 e. The molecule has 2 saturated carbocycles. The predicted octanol–water partition coefficient (Wildman–Crippen LogP) is 7.40. The lowest BCUT2D eigenvalue weighted by atomic mass is 9.52. The fourth-order valence-electron chi connectivity index (χ4n) is 12.4. The summed E-state index contributed by atoms with van der Waals surface area (Å²) in [5, 5.41) is 69.7. The second-order valence-electron chi connectivity index (χ2n) is 21.4. The zero-order valence-electron chi connectivity index (χ0n) is 42.7. The van der Waals surface area contributed by atoms with Crippen molar-refractivity contribution < 1.29 is 35.1 Å². The number of amides is 1. The summed E-state index contributed by atoms with van der Waals surface area (Å²) in [5.74, 6) is -1.43. The van der Waals surface area contributed by atoms with Crippen LogP contribution in [0.3, 0.4) is 0 Å². The lowest BCUT2D eigenvalue weighted by Crippen LogP contribution is -2.59. The number of β-amino-alcohol motifs (C(OH)–C–C–N with tert-alkyl or cyclic N) is 1. The van der Waals surface area contributed by atoms with Crippen molar-refractivity contribution in [3.63, 3.8) is 0 Å². The Balaban J connectivity index is 1.28. The normalized spacial score (nSPS) is 30.4. The van der Waals surface area contributed by atoms with Gasteiger partial charge in [0.05, 0.1) is 30.5 Å². The molecule has 10 atom stereocenters. The molecule has 0 unspecified atom stereocenters. The summed E-state index contributed by atoms with van der Waals surface area (Å²) in [5.41, 5.74) is 14.5. The van der Waals surface area contributed by atoms with Gasteiger partial charge in [-0.05, 0) is 166 Å². The summed E-state index contributed by atoms with van der Waals surface area (Å²) in [6.07, 6.45) is 9.78. The molecular formula is C60H80N4O7. The topological polar surface area (TPSA) is 197 Å². The van der Waals surface area contributed by atoms with Gasteiger partial charge < -0.3 is 41.9 Å². The number of rotatable bonds is 11. The smallest absolute Gasteiger partial charge is 0.243 e. The number of aliphatic hydroxyl groups is 5. The second kappa shape index (κ2) is 23.8. The molecule has 0 radical (unpaired) electrons. The van der Waals surface area contributed by atoms with Crippen LogP contribution in [0.15, 0.2) is 125 Å². The van der Waals surface area contributed by atoms with Crippen molar-refractivity contribution >= 4 is 11.7 Å². The number of nitrogens with two attached hydrogens (primary N) is 1. The number of carbonyl (C=O) groups excluding carboxylic acids is 2. The highest BCUT2D eigenvalue weighted by Crippen LogP contribution is 2.63. The van der Waals surface area contributed by atoms with E-state index in [1.165, 1.54) is 5.57 Å². The van der Waals surface area contributed by atoms with Crippen LogP contribution in [-0.4, -0.2) is 86.9 Å². The van der Waals surface area contributed by atoms with Crippen LogP contribution >= 0.6 is 0 Å². The number of hydrogen-bond acceptors (Lipinski definition) is 10. The monoisotopic (exact) mass is 969 g/mol. The molecule has 11 nitrogen and oxygen atoms in total. The quantitative estimate of drug-likeness (QED) is 0.0690. The molecule has 382 valence electrons. The first-order chi connectivity index (χ1) is 34.0. The molecule has 3 aromatic carbocycles. The van der Waals surface area contributed by atoms with Crippen LogP contribution in [0.5, 0.6) is 0 Å². The van der Waals surface area contributed by atoms with E-state index in [2.05, 4.69) is 79.7 Å². The second-order valence-corrected chi connectivity index (χ2v) is 21.4. The summed E-state index contributed by atoms with van der Waals surface area (Å²) in [6.45, 7) is 14.9. The van der Waals surface area contributed by atoms with Crippen LogP contribution in [0.4, 0.5) is 0 Å². The minimum Gasteiger partial charge on any atom is -0.393 e. The summed E-state index contributed by atoms with van der Waals surface area (Å²) in [7, 11) is 0. The highest BCUT2D eigenvalue weighted by atomic mass is 16.3. The molecule has 71 heavy (non-hydrogen) atoms. The highest BCUT2D eigenvalue weighted by Gasteiger charge is 2.64. The molecule has 2 aliphatic carbocycles. The molecule has 2 heterocycles. The van der Waals surface area contributed by atoms with Gasteiger partial charge in [0.25, 0.3) is 0 Å². The number of fused-ring (bicyclic) bond motifs is 4. The van der Waals surface area contributed by atoms with Crippen molar-refractivity contribution in [1.29, 1.82) is 0 Å². The third kappa shape index (κ3) is 12.3. The lowest BCUT2D eigenvalue weighted by Gasteiger charge is -2.56. The van der Waals surface area contributed by atoms with E-state index in [1.54, 1.807) is 0 Å². The summed E-state index contributed by atoms with van der Waals surface area (Å²) in [4.78, 5) is 28.6. The van der Waals surface area contributed by atoms with E-state index in [0.29, 0.717) is 92.0 Å². The third-order valence-electron chi connectivity index (χ3n) is 16.3. The average Bonchev–Trinajstić information content (AvgIpc) is 3.68. The van der Waals surface area contributed by atoms with Crippen molar-refractivity contribution in [3.05, 3.63) is 164 Å². The van der Waals surface area contributed by atoms with Gasteiger partial charge in [0.1, 0.15) is 12.2 Å². The van der Waals surface area contributed by atoms with Crippen molar-refractivity contribution in [2.45, 2.75) is 154 Å². The Hall–Kier alpha value is -4.82. The Morgan fingerprint density at radius 3 is 2.44 bits per heavy atom. The number of Topliss-reactive ketones (excluding diaryl/α,β-unsaturated/α-hetero) is 1. The Bertz CT molecular complexity index is 2510. The summed E-state index contributed by atoms with van der Waals surface area (Å²) in [6, 6.07) is 21.4. The lowest BCUT2D eigenvalue weighted by molar-refractivity contribution is -0.168. The molecule has 1 spiro atoms. The fraction of sp³-hybridized carbons (Fsp3) is 0.500. The van der Waals surface area contributed by atoms with Crippen molar-refractivity contribution in [2.24, 2.45) is 23.0 Å². The fourth-order valence-corrected chi connectivity index (χ4v) is 12.4. The number of allylic oxidation sites excluding steroid dienone is 5. The van der Waals surface area contributed by atoms with E-state index in [9.17, 15) is 35.1 Å². The molecule has 1 amide bonds. The molecule has 7 rings (SSSR count). The predicted molar refractivity (Wildman–Crippen MR) is 282 cm³/mol. The summed E-state index contributed by atoms with van der Waals surface area (Å²) >= 11 is 0. The van der Waals surface area contributed by atoms with Gasteiger partial charge in [-0.15, -0.1) is 0 Å². The maximum absolute atomic E-state index is 14.9. The van der Waals surface area contributed by atoms with Gasteiger partial charge >= 0.3 is 0 Å². The Morgan fingerprint density at radius 1 is 0.944 bits per heavy atom. The third-order valence-corrected chi connectivity index (χ3v) is 16.3. The number of aliphatic hydroxyl groups excluding tert-OH is 4. The van der Waals surface area contributed by atoms with Crippen molar-refractivity contribution in [2.75, 3.05) is 19.7 Å². The van der Waals surface area contributed by atoms with Gasteiger partial charge in [-0.1, -0.05) is 116 Å². The Morgan fingerprint density at radius 2 is 1.70 bits per heavy atom. The zero-order chi connectivity index (χ0) is 51.0.